The van der Waals surface area contributed by atoms with E-state index in [9.17, 15) is 9.59 Å². The maximum Gasteiger partial charge on any atom is 0.305 e. The zero-order valence-electron chi connectivity index (χ0n) is 20.8. The van der Waals surface area contributed by atoms with E-state index in [0.29, 0.717) is 18.1 Å². The van der Waals surface area contributed by atoms with Crippen LogP contribution in [0.2, 0.25) is 0 Å². The number of benzene rings is 2. The van der Waals surface area contributed by atoms with Crippen LogP contribution in [-0.2, 0) is 4.79 Å². The monoisotopic (exact) mass is 501 g/mol. The van der Waals surface area contributed by atoms with Crippen molar-refractivity contribution in [1.82, 2.24) is 10.3 Å². The number of carbonyl (C=O) groups is 2. The van der Waals surface area contributed by atoms with Crippen LogP contribution >= 0.6 is 0 Å². The Morgan fingerprint density at radius 2 is 1.89 bits per heavy atom. The molecule has 37 heavy (non-hydrogen) atoms. The van der Waals surface area contributed by atoms with E-state index in [1.54, 1.807) is 18.3 Å². The topological polar surface area (TPSA) is 114 Å². The Balaban J connectivity index is 1.33. The van der Waals surface area contributed by atoms with Crippen molar-refractivity contribution in [3.8, 4) is 17.2 Å². The third-order valence-corrected chi connectivity index (χ3v) is 5.93. The van der Waals surface area contributed by atoms with E-state index < -0.39 is 5.97 Å². The molecule has 8 nitrogen and oxygen atoms in total. The third kappa shape index (κ3) is 7.33. The minimum Gasteiger partial charge on any atom is -0.481 e. The number of hydrogen-bond acceptors (Lipinski definition) is 6. The number of rotatable bonds is 13. The first-order valence-corrected chi connectivity index (χ1v) is 12.5. The fourth-order valence-corrected chi connectivity index (χ4v) is 3.91. The lowest BCUT2D eigenvalue weighted by Crippen LogP contribution is -2.28. The number of carboxylic acid groups (broad SMARTS) is 1. The van der Waals surface area contributed by atoms with Crippen molar-refractivity contribution in [1.29, 1.82) is 0 Å². The molecule has 0 aliphatic rings. The molecule has 8 heteroatoms. The Morgan fingerprint density at radius 1 is 1.08 bits per heavy atom. The Kier molecular flexibility index (Phi) is 8.75. The standard InChI is InChI=1S/C29H31N3O5/c1-2-3-7-24(32-23-12-9-20(10-13-23)29(35)30-16-15-28(33)34)19-36-27-14-11-22(18-31-27)26-17-21-6-4-5-8-25(21)37-26/h4-6,8-14,17-18,24,32H,2-3,7,15-16,19H2,1H3,(H,30,35)(H,33,34). The van der Waals surface area contributed by atoms with Gasteiger partial charge in [0.05, 0.1) is 12.5 Å². The number of carbonyl (C=O) groups excluding carboxylic acids is 1. The number of aliphatic carboxylic acids is 1. The van der Waals surface area contributed by atoms with Crippen LogP contribution in [0.3, 0.4) is 0 Å². The van der Waals surface area contributed by atoms with Gasteiger partial charge in [-0.05, 0) is 48.9 Å². The van der Waals surface area contributed by atoms with E-state index in [2.05, 4.69) is 22.5 Å². The van der Waals surface area contributed by atoms with Crippen molar-refractivity contribution in [2.24, 2.45) is 0 Å². The smallest absolute Gasteiger partial charge is 0.305 e. The summed E-state index contributed by atoms with van der Waals surface area (Å²) in [5, 5.41) is 15.8. The average Bonchev–Trinajstić information content (AvgIpc) is 3.35. The van der Waals surface area contributed by atoms with Gasteiger partial charge in [-0.1, -0.05) is 38.0 Å². The van der Waals surface area contributed by atoms with Crippen LogP contribution < -0.4 is 15.4 Å². The molecule has 1 atom stereocenters. The third-order valence-electron chi connectivity index (χ3n) is 5.93. The molecular weight excluding hydrogens is 470 g/mol. The zero-order chi connectivity index (χ0) is 26.0. The number of furan rings is 1. The highest BCUT2D eigenvalue weighted by Gasteiger charge is 2.12. The predicted octanol–water partition coefficient (Wildman–Crippen LogP) is 5.75. The summed E-state index contributed by atoms with van der Waals surface area (Å²) in [5.74, 6) is 0.0617. The molecule has 0 fully saturated rings. The maximum atomic E-state index is 12.2. The molecule has 192 valence electrons. The molecule has 0 saturated carbocycles. The second-order valence-corrected chi connectivity index (χ2v) is 8.81. The number of anilines is 1. The normalized spacial score (nSPS) is 11.7. The number of ether oxygens (including phenoxy) is 1. The molecule has 3 N–H and O–H groups in total. The second-order valence-electron chi connectivity index (χ2n) is 8.81. The first-order valence-electron chi connectivity index (χ1n) is 12.5. The van der Waals surface area contributed by atoms with Gasteiger partial charge in [0.1, 0.15) is 18.0 Å². The first kappa shape index (κ1) is 25.8. The van der Waals surface area contributed by atoms with Crippen LogP contribution in [0.5, 0.6) is 5.88 Å². The molecule has 0 spiro atoms. The fraction of sp³-hybridized carbons (Fsp3) is 0.276. The van der Waals surface area contributed by atoms with Crippen molar-refractivity contribution < 1.29 is 23.8 Å². The van der Waals surface area contributed by atoms with Crippen molar-refractivity contribution in [3.05, 3.63) is 78.5 Å². The van der Waals surface area contributed by atoms with Crippen LogP contribution in [0.15, 0.2) is 77.3 Å². The summed E-state index contributed by atoms with van der Waals surface area (Å²) in [6.45, 7) is 2.68. The number of aromatic nitrogens is 1. The van der Waals surface area contributed by atoms with Gasteiger partial charge in [0.2, 0.25) is 5.88 Å². The quantitative estimate of drug-likeness (QED) is 0.214. The molecule has 2 aromatic heterocycles. The summed E-state index contributed by atoms with van der Waals surface area (Å²) < 4.78 is 11.9. The molecule has 0 aliphatic heterocycles. The molecule has 2 heterocycles. The number of nitrogens with zero attached hydrogens (tertiary/aromatic N) is 1. The van der Waals surface area contributed by atoms with Gasteiger partial charge in [0.25, 0.3) is 5.91 Å². The number of para-hydroxylation sites is 1. The average molecular weight is 502 g/mol. The number of unbranched alkanes of at least 4 members (excludes halogenated alkanes) is 1. The van der Waals surface area contributed by atoms with Crippen molar-refractivity contribution in [2.45, 2.75) is 38.6 Å². The van der Waals surface area contributed by atoms with Crippen molar-refractivity contribution >= 4 is 28.5 Å². The second kappa shape index (κ2) is 12.6. The number of carboxylic acids is 1. The predicted molar refractivity (Wildman–Crippen MR) is 143 cm³/mol. The molecule has 0 bridgehead atoms. The van der Waals surface area contributed by atoms with Gasteiger partial charge in [-0.15, -0.1) is 0 Å². The van der Waals surface area contributed by atoms with E-state index in [4.69, 9.17) is 14.3 Å². The SMILES string of the molecule is CCCCC(COc1ccc(-c2cc3ccccc3o2)cn1)Nc1ccc(C(=O)NCCC(=O)O)cc1. The van der Waals surface area contributed by atoms with Gasteiger partial charge < -0.3 is 24.9 Å². The minimum atomic E-state index is -0.947. The van der Waals surface area contributed by atoms with Gasteiger partial charge in [0.15, 0.2) is 0 Å². The zero-order valence-corrected chi connectivity index (χ0v) is 20.8. The number of pyridine rings is 1. The fourth-order valence-electron chi connectivity index (χ4n) is 3.91. The summed E-state index contributed by atoms with van der Waals surface area (Å²) >= 11 is 0. The minimum absolute atomic E-state index is 0.0621. The molecule has 4 rings (SSSR count). The van der Waals surface area contributed by atoms with Crippen LogP contribution in [-0.4, -0.2) is 41.2 Å². The lowest BCUT2D eigenvalue weighted by atomic mass is 10.1. The maximum absolute atomic E-state index is 12.2. The van der Waals surface area contributed by atoms with E-state index >= 15 is 0 Å². The van der Waals surface area contributed by atoms with E-state index in [1.165, 1.54) is 0 Å². The Bertz CT molecular complexity index is 1280. The van der Waals surface area contributed by atoms with Crippen LogP contribution in [0, 0.1) is 0 Å². The summed E-state index contributed by atoms with van der Waals surface area (Å²) in [6.07, 6.45) is 4.68. The van der Waals surface area contributed by atoms with Gasteiger partial charge in [-0.3, -0.25) is 9.59 Å². The lowest BCUT2D eigenvalue weighted by Gasteiger charge is -2.20. The van der Waals surface area contributed by atoms with E-state index in [-0.39, 0.29) is 24.9 Å². The van der Waals surface area contributed by atoms with Gasteiger partial charge >= 0.3 is 5.97 Å². The van der Waals surface area contributed by atoms with Crippen LogP contribution in [0.1, 0.15) is 43.0 Å². The number of nitrogens with one attached hydrogen (secondary N) is 2. The molecule has 1 amide bonds. The van der Waals surface area contributed by atoms with E-state index in [1.807, 2.05) is 54.6 Å². The highest BCUT2D eigenvalue weighted by molar-refractivity contribution is 5.94. The molecule has 0 aliphatic carbocycles. The highest BCUT2D eigenvalue weighted by Crippen LogP contribution is 2.28. The van der Waals surface area contributed by atoms with Crippen LogP contribution in [0.4, 0.5) is 5.69 Å². The summed E-state index contributed by atoms with van der Waals surface area (Å²) in [4.78, 5) is 27.2. The first-order chi connectivity index (χ1) is 18.0. The Hall–Kier alpha value is -4.33. The molecule has 1 unspecified atom stereocenters. The lowest BCUT2D eigenvalue weighted by molar-refractivity contribution is -0.136. The summed E-state index contributed by atoms with van der Waals surface area (Å²) in [7, 11) is 0. The highest BCUT2D eigenvalue weighted by atomic mass is 16.5. The van der Waals surface area contributed by atoms with E-state index in [0.717, 1.165) is 47.2 Å². The molecular formula is C29H31N3O5. The van der Waals surface area contributed by atoms with Crippen LogP contribution in [0.25, 0.3) is 22.3 Å². The Labute approximate surface area is 215 Å². The van der Waals surface area contributed by atoms with Gasteiger partial charge in [-0.25, -0.2) is 4.98 Å². The van der Waals surface area contributed by atoms with Crippen molar-refractivity contribution in [2.75, 3.05) is 18.5 Å². The molecule has 0 saturated heterocycles. The van der Waals surface area contributed by atoms with Gasteiger partial charge in [-0.2, -0.15) is 0 Å². The Morgan fingerprint density at radius 3 is 2.59 bits per heavy atom. The number of amides is 1. The molecule has 0 radical (unpaired) electrons. The number of hydrogen-bond donors (Lipinski definition) is 3. The summed E-state index contributed by atoms with van der Waals surface area (Å²) in [6, 6.07) is 20.8. The number of fused-ring (bicyclic) bond motifs is 1. The van der Waals surface area contributed by atoms with Gasteiger partial charge in [0, 0.05) is 41.0 Å². The molecule has 2 aromatic carbocycles. The summed E-state index contributed by atoms with van der Waals surface area (Å²) in [5.41, 5.74) is 3.08. The van der Waals surface area contributed by atoms with Crippen molar-refractivity contribution in [3.63, 3.8) is 0 Å². The largest absolute Gasteiger partial charge is 0.481 e. The molecule has 4 aromatic rings.